The molecule has 0 radical (unpaired) electrons. The van der Waals surface area contributed by atoms with Crippen LogP contribution in [0.4, 0.5) is 0 Å². The lowest BCUT2D eigenvalue weighted by Crippen LogP contribution is -2.30. The Kier molecular flexibility index (Phi) is 52.4. The summed E-state index contributed by atoms with van der Waals surface area (Å²) in [6, 6.07) is 0. The number of carbonyl (C=O) groups excluding carboxylic acids is 3. The Labute approximate surface area is 414 Å². The molecular formula is C61H104O6. The molecule has 6 nitrogen and oxygen atoms in total. The van der Waals surface area contributed by atoms with Crippen molar-refractivity contribution in [2.24, 2.45) is 0 Å². The van der Waals surface area contributed by atoms with Crippen molar-refractivity contribution in [1.82, 2.24) is 0 Å². The first-order valence-electron chi connectivity index (χ1n) is 28.1. The zero-order chi connectivity index (χ0) is 48.6. The van der Waals surface area contributed by atoms with E-state index in [2.05, 4.69) is 106 Å². The summed E-state index contributed by atoms with van der Waals surface area (Å²) in [7, 11) is 0. The monoisotopic (exact) mass is 933 g/mol. The molecule has 6 heteroatoms. The number of allylic oxidation sites excluding steroid dienone is 14. The van der Waals surface area contributed by atoms with Gasteiger partial charge in [-0.3, -0.25) is 14.4 Å². The smallest absolute Gasteiger partial charge is 0.306 e. The molecule has 0 aliphatic heterocycles. The van der Waals surface area contributed by atoms with E-state index in [0.717, 1.165) is 109 Å². The summed E-state index contributed by atoms with van der Waals surface area (Å²) in [6.45, 7) is 6.48. The molecule has 0 saturated carbocycles. The largest absolute Gasteiger partial charge is 0.462 e. The first-order valence-corrected chi connectivity index (χ1v) is 28.1. The SMILES string of the molecule is CC/C=C\C/C=C\C/C=C\C/C=C\C/C=C\CCCCCC(=O)OCC(COC(=O)CCCCCCCCCCCCCC)OC(=O)CCCCCCCCC/C=C\C/C=C\CCCCCC. The lowest BCUT2D eigenvalue weighted by molar-refractivity contribution is -0.167. The van der Waals surface area contributed by atoms with Crippen molar-refractivity contribution in [2.45, 2.75) is 271 Å². The second-order valence-electron chi connectivity index (χ2n) is 18.5. The third-order valence-electron chi connectivity index (χ3n) is 11.9. The molecule has 0 aromatic carbocycles. The van der Waals surface area contributed by atoms with E-state index in [4.69, 9.17) is 14.2 Å². The fraction of sp³-hybridized carbons (Fsp3) is 0.721. The molecule has 0 N–H and O–H groups in total. The Morgan fingerprint density at radius 1 is 0.313 bits per heavy atom. The van der Waals surface area contributed by atoms with Gasteiger partial charge in [0.15, 0.2) is 6.10 Å². The molecule has 0 amide bonds. The van der Waals surface area contributed by atoms with Crippen LogP contribution in [0.1, 0.15) is 265 Å². The van der Waals surface area contributed by atoms with Crippen molar-refractivity contribution in [1.29, 1.82) is 0 Å². The van der Waals surface area contributed by atoms with Crippen LogP contribution in [0.5, 0.6) is 0 Å². The van der Waals surface area contributed by atoms with Crippen LogP contribution in [-0.2, 0) is 28.6 Å². The average Bonchev–Trinajstić information content (AvgIpc) is 3.33. The lowest BCUT2D eigenvalue weighted by atomic mass is 10.0. The van der Waals surface area contributed by atoms with Gasteiger partial charge in [0, 0.05) is 19.3 Å². The van der Waals surface area contributed by atoms with Gasteiger partial charge in [-0.15, -0.1) is 0 Å². The predicted molar refractivity (Wildman–Crippen MR) is 288 cm³/mol. The van der Waals surface area contributed by atoms with Crippen LogP contribution in [0.25, 0.3) is 0 Å². The lowest BCUT2D eigenvalue weighted by Gasteiger charge is -2.18. The van der Waals surface area contributed by atoms with Gasteiger partial charge in [-0.2, -0.15) is 0 Å². The molecule has 0 aromatic rings. The maximum Gasteiger partial charge on any atom is 0.306 e. The normalized spacial score (nSPS) is 12.7. The maximum absolute atomic E-state index is 12.8. The molecule has 1 unspecified atom stereocenters. The van der Waals surface area contributed by atoms with Crippen LogP contribution in [-0.4, -0.2) is 37.2 Å². The van der Waals surface area contributed by atoms with Crippen molar-refractivity contribution in [3.8, 4) is 0 Å². The molecule has 1 atom stereocenters. The third-order valence-corrected chi connectivity index (χ3v) is 11.9. The van der Waals surface area contributed by atoms with Crippen LogP contribution in [0.3, 0.4) is 0 Å². The molecule has 0 spiro atoms. The molecule has 0 aliphatic carbocycles. The number of carbonyl (C=O) groups is 3. The topological polar surface area (TPSA) is 78.9 Å². The van der Waals surface area contributed by atoms with Gasteiger partial charge in [-0.05, 0) is 96.3 Å². The molecule has 0 heterocycles. The highest BCUT2D eigenvalue weighted by Gasteiger charge is 2.19. The second-order valence-corrected chi connectivity index (χ2v) is 18.5. The van der Waals surface area contributed by atoms with E-state index in [1.807, 2.05) is 0 Å². The molecule has 67 heavy (non-hydrogen) atoms. The summed E-state index contributed by atoms with van der Waals surface area (Å²) in [6.07, 6.45) is 71.4. The van der Waals surface area contributed by atoms with Gasteiger partial charge < -0.3 is 14.2 Å². The summed E-state index contributed by atoms with van der Waals surface area (Å²) in [5.41, 5.74) is 0. The first-order chi connectivity index (χ1) is 33.0. The van der Waals surface area contributed by atoms with E-state index in [1.54, 1.807) is 0 Å². The van der Waals surface area contributed by atoms with E-state index in [0.29, 0.717) is 19.3 Å². The minimum Gasteiger partial charge on any atom is -0.462 e. The van der Waals surface area contributed by atoms with E-state index in [9.17, 15) is 14.4 Å². The van der Waals surface area contributed by atoms with Gasteiger partial charge in [0.05, 0.1) is 0 Å². The fourth-order valence-electron chi connectivity index (χ4n) is 7.68. The molecule has 0 aromatic heterocycles. The van der Waals surface area contributed by atoms with Crippen molar-refractivity contribution in [3.63, 3.8) is 0 Å². The Bertz CT molecular complexity index is 1300. The van der Waals surface area contributed by atoms with E-state index in [1.165, 1.54) is 116 Å². The molecule has 0 saturated heterocycles. The number of rotatable bonds is 50. The summed E-state index contributed by atoms with van der Waals surface area (Å²) >= 11 is 0. The maximum atomic E-state index is 12.8. The van der Waals surface area contributed by atoms with Gasteiger partial charge in [0.1, 0.15) is 13.2 Å². The molecule has 0 aliphatic rings. The Morgan fingerprint density at radius 3 is 0.940 bits per heavy atom. The van der Waals surface area contributed by atoms with E-state index in [-0.39, 0.29) is 31.1 Å². The number of unbranched alkanes of at least 4 members (excludes halogenated alkanes) is 25. The highest BCUT2D eigenvalue weighted by Crippen LogP contribution is 2.15. The molecular weight excluding hydrogens is 829 g/mol. The minimum atomic E-state index is -0.793. The van der Waals surface area contributed by atoms with Crippen LogP contribution in [0.15, 0.2) is 85.1 Å². The second kappa shape index (κ2) is 55.2. The third kappa shape index (κ3) is 53.4. The summed E-state index contributed by atoms with van der Waals surface area (Å²) < 4.78 is 16.8. The number of hydrogen-bond acceptors (Lipinski definition) is 6. The number of esters is 3. The predicted octanol–water partition coefficient (Wildman–Crippen LogP) is 18.8. The highest BCUT2D eigenvalue weighted by atomic mass is 16.6. The summed E-state index contributed by atoms with van der Waals surface area (Å²) in [5, 5.41) is 0. The average molecular weight is 933 g/mol. The van der Waals surface area contributed by atoms with E-state index >= 15 is 0 Å². The highest BCUT2D eigenvalue weighted by molar-refractivity contribution is 5.71. The quantitative estimate of drug-likeness (QED) is 0.0262. The molecule has 0 rings (SSSR count). The van der Waals surface area contributed by atoms with Crippen molar-refractivity contribution >= 4 is 17.9 Å². The summed E-state index contributed by atoms with van der Waals surface area (Å²) in [5.74, 6) is -0.926. The van der Waals surface area contributed by atoms with Crippen LogP contribution >= 0.6 is 0 Å². The molecule has 0 bridgehead atoms. The summed E-state index contributed by atoms with van der Waals surface area (Å²) in [4.78, 5) is 38.1. The zero-order valence-corrected chi connectivity index (χ0v) is 43.9. The van der Waals surface area contributed by atoms with Gasteiger partial charge >= 0.3 is 17.9 Å². The molecule has 0 fully saturated rings. The zero-order valence-electron chi connectivity index (χ0n) is 43.9. The first kappa shape index (κ1) is 63.6. The Hall–Kier alpha value is -3.41. The fourth-order valence-corrected chi connectivity index (χ4v) is 7.68. The van der Waals surface area contributed by atoms with E-state index < -0.39 is 6.10 Å². The van der Waals surface area contributed by atoms with Crippen LogP contribution < -0.4 is 0 Å². The van der Waals surface area contributed by atoms with Gasteiger partial charge in [0.25, 0.3) is 0 Å². The van der Waals surface area contributed by atoms with Gasteiger partial charge in [0.2, 0.25) is 0 Å². The number of hydrogen-bond donors (Lipinski definition) is 0. The molecule has 384 valence electrons. The van der Waals surface area contributed by atoms with Gasteiger partial charge in [-0.25, -0.2) is 0 Å². The van der Waals surface area contributed by atoms with Gasteiger partial charge in [-0.1, -0.05) is 234 Å². The minimum absolute atomic E-state index is 0.0889. The van der Waals surface area contributed by atoms with Crippen molar-refractivity contribution < 1.29 is 28.6 Å². The van der Waals surface area contributed by atoms with Crippen LogP contribution in [0.2, 0.25) is 0 Å². The van der Waals surface area contributed by atoms with Crippen molar-refractivity contribution in [3.05, 3.63) is 85.1 Å². The Morgan fingerprint density at radius 2 is 0.582 bits per heavy atom. The standard InChI is InChI=1S/C61H104O6/c1-4-7-10-13-16-19-22-25-27-29-31-33-34-36-39-42-45-48-51-54-60(63)66-57-58(56-65-59(62)53-50-47-44-41-38-24-21-18-15-12-9-6-3)67-61(64)55-52-49-46-43-40-37-35-32-30-28-26-23-20-17-14-11-8-5-2/h7,10,16,19-20,23,25,27-28,30-31,33,36,39,58H,4-6,8-9,11-15,17-18,21-22,24,26,29,32,34-35,37-38,40-57H2,1-3H3/b10-7-,19-16-,23-20-,27-25-,30-28-,33-31-,39-36-. The van der Waals surface area contributed by atoms with Crippen LogP contribution in [0, 0.1) is 0 Å². The Balaban J connectivity index is 4.44. The number of ether oxygens (including phenoxy) is 3. The van der Waals surface area contributed by atoms with Crippen molar-refractivity contribution in [2.75, 3.05) is 13.2 Å².